The molecular formula is C33H46N4O3. The van der Waals surface area contributed by atoms with E-state index >= 15 is 0 Å². The molecular weight excluding hydrogens is 500 g/mol. The van der Waals surface area contributed by atoms with E-state index in [0.717, 1.165) is 88.9 Å². The number of likely N-dealkylation sites (tertiary alicyclic amines) is 1. The lowest BCUT2D eigenvalue weighted by Gasteiger charge is -2.36. The highest BCUT2D eigenvalue weighted by Gasteiger charge is 2.42. The molecule has 2 aromatic rings. The fourth-order valence-corrected chi connectivity index (χ4v) is 6.39. The van der Waals surface area contributed by atoms with Crippen molar-refractivity contribution in [2.24, 2.45) is 5.41 Å². The first-order chi connectivity index (χ1) is 19.2. The Labute approximate surface area is 240 Å². The lowest BCUT2D eigenvalue weighted by molar-refractivity contribution is -0.136. The quantitative estimate of drug-likeness (QED) is 0.501. The molecule has 2 aromatic carbocycles. The molecule has 2 unspecified atom stereocenters. The van der Waals surface area contributed by atoms with Gasteiger partial charge in [-0.15, -0.1) is 0 Å². The number of allylic oxidation sites excluding steroid dienone is 1. The first kappa shape index (κ1) is 28.5. The Morgan fingerprint density at radius 3 is 2.70 bits per heavy atom. The number of hydrogen-bond acceptors (Lipinski definition) is 6. The summed E-state index contributed by atoms with van der Waals surface area (Å²) in [5.74, 6) is 2.12. The molecule has 3 aliphatic rings. The van der Waals surface area contributed by atoms with Crippen molar-refractivity contribution in [1.29, 1.82) is 0 Å². The number of carbonyl (C=O) groups excluding carboxylic acids is 1. The molecule has 0 spiro atoms. The third kappa shape index (κ3) is 6.81. The Bertz CT molecular complexity index is 1200. The van der Waals surface area contributed by atoms with Crippen LogP contribution in [-0.2, 0) is 24.3 Å². The van der Waals surface area contributed by atoms with Gasteiger partial charge in [0.05, 0.1) is 19.8 Å². The topological polar surface area (TPSA) is 57.3 Å². The van der Waals surface area contributed by atoms with Gasteiger partial charge >= 0.3 is 0 Å². The number of ether oxygens (including phenoxy) is 2. The first-order valence-electron chi connectivity index (χ1n) is 14.8. The summed E-state index contributed by atoms with van der Waals surface area (Å²) in [4.78, 5) is 20.9. The SMILES string of the molecule is C=C(CC(C)(C)C)N(Cc1cccc(OC)c1)C1CC(C(=O)N2CCNCC2)N(Cc2ccc3c(c2)CCO3)C1. The Balaban J connectivity index is 1.42. The van der Waals surface area contributed by atoms with E-state index in [1.54, 1.807) is 7.11 Å². The number of fused-ring (bicyclic) bond motifs is 1. The van der Waals surface area contributed by atoms with Crippen molar-refractivity contribution < 1.29 is 14.3 Å². The molecule has 216 valence electrons. The van der Waals surface area contributed by atoms with Crippen LogP contribution in [0.4, 0.5) is 0 Å². The van der Waals surface area contributed by atoms with Gasteiger partial charge in [-0.3, -0.25) is 9.69 Å². The molecule has 2 atom stereocenters. The van der Waals surface area contributed by atoms with Crippen LogP contribution in [0.5, 0.6) is 11.5 Å². The van der Waals surface area contributed by atoms with Gasteiger partial charge in [-0.05, 0) is 53.1 Å². The van der Waals surface area contributed by atoms with Gasteiger partial charge < -0.3 is 24.6 Å². The lowest BCUT2D eigenvalue weighted by Crippen LogP contribution is -2.52. The zero-order valence-electron chi connectivity index (χ0n) is 24.7. The first-order valence-corrected chi connectivity index (χ1v) is 14.8. The van der Waals surface area contributed by atoms with Crippen molar-refractivity contribution in [3.63, 3.8) is 0 Å². The van der Waals surface area contributed by atoms with Gasteiger partial charge in [-0.2, -0.15) is 0 Å². The molecule has 0 radical (unpaired) electrons. The largest absolute Gasteiger partial charge is 0.497 e. The Hall–Kier alpha value is -3.03. The minimum Gasteiger partial charge on any atom is -0.497 e. The van der Waals surface area contributed by atoms with E-state index in [-0.39, 0.29) is 23.4 Å². The summed E-state index contributed by atoms with van der Waals surface area (Å²) in [6.45, 7) is 17.7. The normalized spacial score (nSPS) is 21.1. The van der Waals surface area contributed by atoms with E-state index in [4.69, 9.17) is 9.47 Å². The van der Waals surface area contributed by atoms with Crippen LogP contribution in [0.15, 0.2) is 54.7 Å². The maximum absolute atomic E-state index is 14.0. The van der Waals surface area contributed by atoms with Gasteiger partial charge in [0.25, 0.3) is 0 Å². The molecule has 3 aliphatic heterocycles. The molecule has 0 bridgehead atoms. The molecule has 1 N–H and O–H groups in total. The fourth-order valence-electron chi connectivity index (χ4n) is 6.39. The number of nitrogens with one attached hydrogen (secondary N) is 1. The number of methoxy groups -OCH3 is 1. The molecule has 3 heterocycles. The molecule has 0 aliphatic carbocycles. The monoisotopic (exact) mass is 546 g/mol. The zero-order chi connectivity index (χ0) is 28.3. The Kier molecular flexibility index (Phi) is 8.71. The molecule has 0 aromatic heterocycles. The smallest absolute Gasteiger partial charge is 0.240 e. The second-order valence-corrected chi connectivity index (χ2v) is 12.7. The average molecular weight is 547 g/mol. The molecule has 7 heteroatoms. The maximum atomic E-state index is 14.0. The number of hydrogen-bond donors (Lipinski definition) is 1. The molecule has 2 saturated heterocycles. The summed E-state index contributed by atoms with van der Waals surface area (Å²) < 4.78 is 11.3. The van der Waals surface area contributed by atoms with E-state index in [9.17, 15) is 4.79 Å². The van der Waals surface area contributed by atoms with Crippen LogP contribution >= 0.6 is 0 Å². The summed E-state index contributed by atoms with van der Waals surface area (Å²) in [7, 11) is 1.71. The Morgan fingerprint density at radius 2 is 1.95 bits per heavy atom. The minimum atomic E-state index is -0.150. The Morgan fingerprint density at radius 1 is 1.15 bits per heavy atom. The summed E-state index contributed by atoms with van der Waals surface area (Å²) in [6, 6.07) is 14.9. The maximum Gasteiger partial charge on any atom is 0.240 e. The van der Waals surface area contributed by atoms with Gasteiger partial charge in [0.15, 0.2) is 0 Å². The van der Waals surface area contributed by atoms with Crippen LogP contribution in [0.3, 0.4) is 0 Å². The van der Waals surface area contributed by atoms with Crippen LogP contribution in [0, 0.1) is 5.41 Å². The number of benzene rings is 2. The van der Waals surface area contributed by atoms with Crippen LogP contribution in [0.25, 0.3) is 0 Å². The number of nitrogens with zero attached hydrogens (tertiary/aromatic N) is 3. The van der Waals surface area contributed by atoms with E-state index in [2.05, 4.69) is 77.7 Å². The number of rotatable bonds is 9. The highest BCUT2D eigenvalue weighted by Crippen LogP contribution is 2.34. The molecule has 5 rings (SSSR count). The summed E-state index contributed by atoms with van der Waals surface area (Å²) >= 11 is 0. The number of amides is 1. The van der Waals surface area contributed by atoms with E-state index in [0.29, 0.717) is 0 Å². The van der Waals surface area contributed by atoms with Crippen LogP contribution < -0.4 is 14.8 Å². The zero-order valence-corrected chi connectivity index (χ0v) is 24.7. The number of carbonyl (C=O) groups is 1. The second-order valence-electron chi connectivity index (χ2n) is 12.7. The molecule has 0 saturated carbocycles. The highest BCUT2D eigenvalue weighted by molar-refractivity contribution is 5.82. The molecule has 2 fully saturated rings. The predicted molar refractivity (Wildman–Crippen MR) is 159 cm³/mol. The van der Waals surface area contributed by atoms with Crippen LogP contribution in [0.2, 0.25) is 0 Å². The minimum absolute atomic E-state index is 0.116. The van der Waals surface area contributed by atoms with Crippen molar-refractivity contribution in [1.82, 2.24) is 20.0 Å². The van der Waals surface area contributed by atoms with Crippen molar-refractivity contribution in [2.75, 3.05) is 46.4 Å². The van der Waals surface area contributed by atoms with Crippen molar-refractivity contribution in [2.45, 2.75) is 65.2 Å². The van der Waals surface area contributed by atoms with Gasteiger partial charge in [0.1, 0.15) is 11.5 Å². The van der Waals surface area contributed by atoms with Gasteiger partial charge in [-0.25, -0.2) is 0 Å². The molecule has 40 heavy (non-hydrogen) atoms. The predicted octanol–water partition coefficient (Wildman–Crippen LogP) is 4.46. The molecule has 1 amide bonds. The van der Waals surface area contributed by atoms with Crippen molar-refractivity contribution in [3.8, 4) is 11.5 Å². The summed E-state index contributed by atoms with van der Waals surface area (Å²) in [5.41, 5.74) is 4.96. The van der Waals surface area contributed by atoms with Crippen LogP contribution in [0.1, 0.15) is 50.3 Å². The standard InChI is InChI=1S/C33H46N4O3/c1-24(20-33(2,3)4)37(22-25-7-6-8-29(18-25)39-5)28-19-30(32(38)35-14-12-34-13-15-35)36(23-28)21-26-9-10-31-27(17-26)11-16-40-31/h6-10,17-18,28,30,34H,1,11-16,19-23H2,2-5H3. The van der Waals surface area contributed by atoms with E-state index in [1.165, 1.54) is 16.7 Å². The van der Waals surface area contributed by atoms with Crippen molar-refractivity contribution >= 4 is 5.91 Å². The second kappa shape index (κ2) is 12.2. The van der Waals surface area contributed by atoms with E-state index in [1.807, 2.05) is 12.1 Å². The average Bonchev–Trinajstić information content (AvgIpc) is 3.58. The third-order valence-corrected chi connectivity index (χ3v) is 8.30. The third-order valence-electron chi connectivity index (χ3n) is 8.30. The van der Waals surface area contributed by atoms with Crippen molar-refractivity contribution in [3.05, 3.63) is 71.4 Å². The lowest BCUT2D eigenvalue weighted by atomic mass is 9.90. The van der Waals surface area contributed by atoms with E-state index < -0.39 is 0 Å². The van der Waals surface area contributed by atoms with Crippen LogP contribution in [-0.4, -0.2) is 79.1 Å². The fraction of sp³-hybridized carbons (Fsp3) is 0.545. The summed E-state index contributed by atoms with van der Waals surface area (Å²) in [5, 5.41) is 3.39. The number of piperazine rings is 1. The molecule has 7 nitrogen and oxygen atoms in total. The van der Waals surface area contributed by atoms with Gasteiger partial charge in [0.2, 0.25) is 5.91 Å². The van der Waals surface area contributed by atoms with Gasteiger partial charge in [0, 0.05) is 64.0 Å². The highest BCUT2D eigenvalue weighted by atomic mass is 16.5. The summed E-state index contributed by atoms with van der Waals surface area (Å²) in [6.07, 6.45) is 2.65. The van der Waals surface area contributed by atoms with Gasteiger partial charge in [-0.1, -0.05) is 51.6 Å².